The lowest BCUT2D eigenvalue weighted by molar-refractivity contribution is 0.192. The fourth-order valence-corrected chi connectivity index (χ4v) is 5.66. The van der Waals surface area contributed by atoms with E-state index in [0.29, 0.717) is 12.0 Å². The Bertz CT molecular complexity index is 1640. The van der Waals surface area contributed by atoms with E-state index in [4.69, 9.17) is 9.98 Å². The van der Waals surface area contributed by atoms with Crippen LogP contribution in [0.1, 0.15) is 37.9 Å². The van der Waals surface area contributed by atoms with E-state index < -0.39 is 0 Å². The predicted octanol–water partition coefficient (Wildman–Crippen LogP) is 6.91. The van der Waals surface area contributed by atoms with E-state index in [1.54, 1.807) is 0 Å². The fourth-order valence-electron chi connectivity index (χ4n) is 5.66. The zero-order valence-electron chi connectivity index (χ0n) is 23.9. The minimum atomic E-state index is 0.291. The van der Waals surface area contributed by atoms with Crippen molar-refractivity contribution in [2.24, 2.45) is 10.9 Å². The summed E-state index contributed by atoms with van der Waals surface area (Å²) in [4.78, 5) is 17.5. The third kappa shape index (κ3) is 5.63. The molecule has 3 aliphatic rings. The van der Waals surface area contributed by atoms with Crippen molar-refractivity contribution in [3.8, 4) is 17.1 Å². The number of para-hydroxylation sites is 2. The Labute approximate surface area is 236 Å². The van der Waals surface area contributed by atoms with Crippen molar-refractivity contribution in [1.82, 2.24) is 19.4 Å². The number of fused-ring (bicyclic) bond motifs is 2. The average Bonchev–Trinajstić information content (AvgIpc) is 2.95. The van der Waals surface area contributed by atoms with Crippen LogP contribution >= 0.6 is 0 Å². The number of rotatable bonds is 6. The molecule has 0 radical (unpaired) electrons. The van der Waals surface area contributed by atoms with Crippen LogP contribution in [-0.2, 0) is 0 Å². The monoisotopic (exact) mass is 530 g/mol. The molecule has 0 spiro atoms. The first-order valence-electron chi connectivity index (χ1n) is 14.4. The Morgan fingerprint density at radius 1 is 0.950 bits per heavy atom. The Morgan fingerprint density at radius 2 is 1.73 bits per heavy atom. The molecule has 1 saturated heterocycles. The first-order chi connectivity index (χ1) is 19.4. The normalized spacial score (nSPS) is 15.4. The van der Waals surface area contributed by atoms with Crippen molar-refractivity contribution in [3.63, 3.8) is 0 Å². The lowest BCUT2D eigenvalue weighted by Gasteiger charge is -2.31. The quantitative estimate of drug-likeness (QED) is 0.243. The Hall–Kier alpha value is -4.03. The third-order valence-electron chi connectivity index (χ3n) is 7.68. The van der Waals surface area contributed by atoms with Gasteiger partial charge in [0.1, 0.15) is 0 Å². The van der Waals surface area contributed by atoms with E-state index in [0.717, 1.165) is 83.0 Å². The molecule has 3 aromatic rings. The molecule has 1 N–H and O–H groups in total. The van der Waals surface area contributed by atoms with Gasteiger partial charge in [-0.3, -0.25) is 9.98 Å². The standard InChI is InChI=1S/C34H38N6/c1-23(2)22-39-17-15-26(16-18-39)36-31-20-34-32(19-30(31)37-27-12-11-25(4)35-21-27)38-29-7-5-6-8-33(29)40(34)28-13-9-24(3)10-14-28/h5-14,19-21,23,26,37H,15-18,22H2,1-4H3/b36-31+. The summed E-state index contributed by atoms with van der Waals surface area (Å²) in [6.45, 7) is 12.1. The Kier molecular flexibility index (Phi) is 7.35. The van der Waals surface area contributed by atoms with E-state index in [-0.39, 0.29) is 0 Å². The summed E-state index contributed by atoms with van der Waals surface area (Å²) in [6.07, 6.45) is 4.03. The van der Waals surface area contributed by atoms with Crippen molar-refractivity contribution in [1.29, 1.82) is 0 Å². The van der Waals surface area contributed by atoms with Gasteiger partial charge in [0.25, 0.3) is 0 Å². The Morgan fingerprint density at radius 3 is 2.45 bits per heavy atom. The smallest absolute Gasteiger partial charge is 0.0900 e. The van der Waals surface area contributed by atoms with Crippen LogP contribution in [0.4, 0.5) is 11.4 Å². The summed E-state index contributed by atoms with van der Waals surface area (Å²) < 4.78 is 2.32. The summed E-state index contributed by atoms with van der Waals surface area (Å²) in [5, 5.41) is 4.58. The maximum absolute atomic E-state index is 5.37. The van der Waals surface area contributed by atoms with Crippen LogP contribution in [0.5, 0.6) is 0 Å². The van der Waals surface area contributed by atoms with E-state index in [1.165, 1.54) is 5.56 Å². The van der Waals surface area contributed by atoms with Crippen molar-refractivity contribution >= 4 is 22.4 Å². The maximum atomic E-state index is 5.37. The largest absolute Gasteiger partial charge is 0.352 e. The zero-order valence-corrected chi connectivity index (χ0v) is 23.9. The molecule has 6 rings (SSSR count). The number of anilines is 2. The van der Waals surface area contributed by atoms with E-state index in [9.17, 15) is 0 Å². The number of aryl methyl sites for hydroxylation is 2. The minimum Gasteiger partial charge on any atom is -0.352 e. The molecule has 3 heterocycles. The second-order valence-electron chi connectivity index (χ2n) is 11.5. The molecule has 6 nitrogen and oxygen atoms in total. The number of hydrogen-bond donors (Lipinski definition) is 1. The molecule has 40 heavy (non-hydrogen) atoms. The van der Waals surface area contributed by atoms with Gasteiger partial charge >= 0.3 is 0 Å². The second-order valence-corrected chi connectivity index (χ2v) is 11.5. The number of likely N-dealkylation sites (tertiary alicyclic amines) is 1. The number of nitrogens with one attached hydrogen (secondary N) is 1. The zero-order chi connectivity index (χ0) is 27.6. The molecule has 0 saturated carbocycles. The molecule has 0 unspecified atom stereocenters. The molecule has 0 atom stereocenters. The maximum Gasteiger partial charge on any atom is 0.0900 e. The third-order valence-corrected chi connectivity index (χ3v) is 7.68. The van der Waals surface area contributed by atoms with Gasteiger partial charge in [0.05, 0.1) is 51.4 Å². The van der Waals surface area contributed by atoms with Crippen molar-refractivity contribution in [2.45, 2.75) is 46.6 Å². The van der Waals surface area contributed by atoms with Gasteiger partial charge < -0.3 is 14.8 Å². The number of pyridine rings is 1. The summed E-state index contributed by atoms with van der Waals surface area (Å²) in [5.41, 5.74) is 9.26. The van der Waals surface area contributed by atoms with Crippen molar-refractivity contribution < 1.29 is 0 Å². The summed E-state index contributed by atoms with van der Waals surface area (Å²) >= 11 is 0. The van der Waals surface area contributed by atoms with Gasteiger partial charge in [-0.2, -0.15) is 0 Å². The van der Waals surface area contributed by atoms with Gasteiger partial charge in [0, 0.05) is 31.0 Å². The topological polar surface area (TPSA) is 58.3 Å². The highest BCUT2D eigenvalue weighted by Crippen LogP contribution is 2.30. The first-order valence-corrected chi connectivity index (χ1v) is 14.4. The van der Waals surface area contributed by atoms with E-state index in [1.807, 2.05) is 25.3 Å². The number of aromatic nitrogens is 3. The van der Waals surface area contributed by atoms with Gasteiger partial charge in [-0.05, 0) is 81.1 Å². The van der Waals surface area contributed by atoms with Crippen LogP contribution in [0, 0.1) is 19.8 Å². The van der Waals surface area contributed by atoms with Crippen LogP contribution in [0.25, 0.3) is 28.1 Å². The number of nitrogens with zero attached hydrogens (tertiary/aromatic N) is 5. The second kappa shape index (κ2) is 11.2. The molecular formula is C34H38N6. The highest BCUT2D eigenvalue weighted by Gasteiger charge is 2.21. The van der Waals surface area contributed by atoms with Crippen molar-refractivity contribution in [3.05, 3.63) is 95.6 Å². The lowest BCUT2D eigenvalue weighted by Crippen LogP contribution is -2.38. The lowest BCUT2D eigenvalue weighted by atomic mass is 10.0. The van der Waals surface area contributed by atoms with Crippen LogP contribution in [0.2, 0.25) is 0 Å². The van der Waals surface area contributed by atoms with Gasteiger partial charge in [-0.25, -0.2) is 4.98 Å². The van der Waals surface area contributed by atoms with Gasteiger partial charge in [0.15, 0.2) is 0 Å². The first kappa shape index (κ1) is 26.2. The molecule has 2 aliphatic heterocycles. The van der Waals surface area contributed by atoms with Gasteiger partial charge in [-0.1, -0.05) is 43.7 Å². The Balaban J connectivity index is 1.51. The summed E-state index contributed by atoms with van der Waals surface area (Å²) in [5.74, 6) is 0.687. The fraction of sp³-hybridized carbons (Fsp3) is 0.324. The van der Waals surface area contributed by atoms with Crippen LogP contribution in [0.3, 0.4) is 0 Å². The highest BCUT2D eigenvalue weighted by molar-refractivity contribution is 5.84. The summed E-state index contributed by atoms with van der Waals surface area (Å²) in [7, 11) is 0. The molecule has 2 aromatic carbocycles. The number of hydrogen-bond acceptors (Lipinski definition) is 5. The molecule has 0 amide bonds. The van der Waals surface area contributed by atoms with E-state index >= 15 is 0 Å². The number of benzene rings is 3. The molecule has 1 fully saturated rings. The minimum absolute atomic E-state index is 0.291. The van der Waals surface area contributed by atoms with Crippen molar-refractivity contribution in [2.75, 3.05) is 25.0 Å². The molecule has 1 aromatic heterocycles. The predicted molar refractivity (Wildman–Crippen MR) is 165 cm³/mol. The molecule has 204 valence electrons. The summed E-state index contributed by atoms with van der Waals surface area (Å²) in [6, 6.07) is 25.8. The number of piperidine rings is 1. The van der Waals surface area contributed by atoms with Crippen LogP contribution < -0.4 is 10.7 Å². The average molecular weight is 531 g/mol. The van der Waals surface area contributed by atoms with E-state index in [2.05, 4.69) is 101 Å². The molecular weight excluding hydrogens is 492 g/mol. The molecule has 6 heteroatoms. The molecule has 1 aliphatic carbocycles. The van der Waals surface area contributed by atoms with Gasteiger partial charge in [-0.15, -0.1) is 0 Å². The van der Waals surface area contributed by atoms with Crippen LogP contribution in [0.15, 0.2) is 84.0 Å². The highest BCUT2D eigenvalue weighted by atomic mass is 15.1. The SMILES string of the molecule is Cc1ccc(-n2c3c/c(=N\C4CCN(CC(C)C)CC4)c(Nc4ccc(C)nc4)cc-3nc3ccccc32)cc1. The molecule has 0 bridgehead atoms. The van der Waals surface area contributed by atoms with Crippen LogP contribution in [-0.4, -0.2) is 45.1 Å². The van der Waals surface area contributed by atoms with Gasteiger partial charge in [0.2, 0.25) is 0 Å².